The summed E-state index contributed by atoms with van der Waals surface area (Å²) in [5, 5.41) is 4.33. The van der Waals surface area contributed by atoms with Gasteiger partial charge in [-0.2, -0.15) is 0 Å². The second-order valence-electron chi connectivity index (χ2n) is 10.1. The van der Waals surface area contributed by atoms with Crippen LogP contribution in [-0.4, -0.2) is 46.2 Å². The van der Waals surface area contributed by atoms with Crippen LogP contribution in [0.15, 0.2) is 60.9 Å². The Balaban J connectivity index is 1.52. The summed E-state index contributed by atoms with van der Waals surface area (Å²) in [4.78, 5) is 38.6. The van der Waals surface area contributed by atoms with Gasteiger partial charge in [0.15, 0.2) is 0 Å². The van der Waals surface area contributed by atoms with Gasteiger partial charge in [-0.05, 0) is 18.6 Å². The van der Waals surface area contributed by atoms with Gasteiger partial charge in [-0.3, -0.25) is 19.7 Å². The van der Waals surface area contributed by atoms with Gasteiger partial charge in [0.05, 0.1) is 29.8 Å². The zero-order valence-electron chi connectivity index (χ0n) is 21.4. The molecule has 0 fully saturated rings. The third kappa shape index (κ3) is 4.11. The third-order valence-corrected chi connectivity index (χ3v) is 7.31. The second-order valence-corrected chi connectivity index (χ2v) is 10.1. The average molecular weight is 512 g/mol. The standard InChI is InChI=1S/C30H29N3O5/c1-18(2)30(36)38-17-19-11-12-32-15-22(20-7-3-5-9-24(20)32)26-27(29(35)31-28(26)34)23-16-33(13-14-37-19)25-10-6-4-8-21(23)25/h3-10,15-16,18-19H,11-14,17H2,1-2H3,(H,31,34,35). The highest BCUT2D eigenvalue weighted by atomic mass is 16.6. The Hall–Kier alpha value is -4.17. The molecule has 6 rings (SSSR count). The number of fused-ring (bicyclic) bond motifs is 12. The number of hydrogen-bond donors (Lipinski definition) is 1. The van der Waals surface area contributed by atoms with Crippen molar-refractivity contribution in [1.29, 1.82) is 0 Å². The molecule has 2 aliphatic heterocycles. The van der Waals surface area contributed by atoms with Crippen molar-refractivity contribution in [2.45, 2.75) is 39.5 Å². The fourth-order valence-corrected chi connectivity index (χ4v) is 5.39. The highest BCUT2D eigenvalue weighted by Gasteiger charge is 2.35. The van der Waals surface area contributed by atoms with E-state index in [1.165, 1.54) is 0 Å². The molecule has 8 heteroatoms. The highest BCUT2D eigenvalue weighted by molar-refractivity contribution is 6.50. The first-order valence-corrected chi connectivity index (χ1v) is 13.0. The molecule has 38 heavy (non-hydrogen) atoms. The van der Waals surface area contributed by atoms with Crippen molar-refractivity contribution in [3.63, 3.8) is 0 Å². The number of carbonyl (C=O) groups is 3. The quantitative estimate of drug-likeness (QED) is 0.330. The number of aryl methyl sites for hydroxylation is 1. The molecule has 4 heterocycles. The molecule has 0 radical (unpaired) electrons. The lowest BCUT2D eigenvalue weighted by Crippen LogP contribution is -2.26. The summed E-state index contributed by atoms with van der Waals surface area (Å²) >= 11 is 0. The molecule has 4 bridgehead atoms. The Kier molecular flexibility index (Phi) is 6.12. The van der Waals surface area contributed by atoms with Gasteiger partial charge in [0, 0.05) is 58.4 Å². The molecule has 0 saturated carbocycles. The van der Waals surface area contributed by atoms with Gasteiger partial charge >= 0.3 is 5.97 Å². The molecule has 4 aromatic rings. The molecule has 8 nitrogen and oxygen atoms in total. The van der Waals surface area contributed by atoms with E-state index >= 15 is 0 Å². The Morgan fingerprint density at radius 2 is 1.47 bits per heavy atom. The maximum Gasteiger partial charge on any atom is 0.308 e. The number of hydrogen-bond acceptors (Lipinski definition) is 5. The zero-order valence-corrected chi connectivity index (χ0v) is 21.4. The van der Waals surface area contributed by atoms with Crippen molar-refractivity contribution >= 4 is 50.7 Å². The molecule has 2 aliphatic rings. The molecule has 2 aromatic carbocycles. The molecule has 2 aromatic heterocycles. The summed E-state index contributed by atoms with van der Waals surface area (Å²) in [6, 6.07) is 15.7. The molecule has 2 amide bonds. The summed E-state index contributed by atoms with van der Waals surface area (Å²) in [5.41, 5.74) is 4.13. The van der Waals surface area contributed by atoms with Crippen molar-refractivity contribution in [3.05, 3.63) is 72.1 Å². The van der Waals surface area contributed by atoms with E-state index < -0.39 is 5.91 Å². The summed E-state index contributed by atoms with van der Waals surface area (Å²) in [6.45, 7) is 5.33. The van der Waals surface area contributed by atoms with E-state index in [9.17, 15) is 14.4 Å². The first-order chi connectivity index (χ1) is 18.4. The molecule has 1 N–H and O–H groups in total. The molecule has 1 unspecified atom stereocenters. The maximum absolute atomic E-state index is 13.2. The lowest BCUT2D eigenvalue weighted by molar-refractivity contribution is -0.152. The van der Waals surface area contributed by atoms with E-state index in [1.807, 2.05) is 74.8 Å². The molecule has 1 atom stereocenters. The molecule has 194 valence electrons. The number of aromatic nitrogens is 2. The normalized spacial score (nSPS) is 18.1. The number of esters is 1. The number of carbonyl (C=O) groups excluding carboxylic acids is 3. The predicted molar refractivity (Wildman–Crippen MR) is 144 cm³/mol. The number of amides is 2. The third-order valence-electron chi connectivity index (χ3n) is 7.31. The minimum absolute atomic E-state index is 0.174. The fourth-order valence-electron chi connectivity index (χ4n) is 5.39. The highest BCUT2D eigenvalue weighted by Crippen LogP contribution is 2.39. The van der Waals surface area contributed by atoms with E-state index in [4.69, 9.17) is 9.47 Å². The van der Waals surface area contributed by atoms with E-state index in [2.05, 4.69) is 14.5 Å². The van der Waals surface area contributed by atoms with Crippen LogP contribution >= 0.6 is 0 Å². The van der Waals surface area contributed by atoms with Crippen LogP contribution in [0.2, 0.25) is 0 Å². The van der Waals surface area contributed by atoms with Crippen molar-refractivity contribution < 1.29 is 23.9 Å². The first-order valence-electron chi connectivity index (χ1n) is 13.0. The Labute approximate surface area is 219 Å². The van der Waals surface area contributed by atoms with Gasteiger partial charge in [-0.1, -0.05) is 50.2 Å². The Bertz CT molecular complexity index is 1620. The van der Waals surface area contributed by atoms with Crippen LogP contribution in [-0.2, 0) is 36.9 Å². The van der Waals surface area contributed by atoms with Gasteiger partial charge in [-0.15, -0.1) is 0 Å². The van der Waals surface area contributed by atoms with Crippen LogP contribution < -0.4 is 5.32 Å². The number of para-hydroxylation sites is 2. The maximum atomic E-state index is 13.2. The second kappa shape index (κ2) is 9.61. The molecule has 0 aliphatic carbocycles. The number of nitrogens with one attached hydrogen (secondary N) is 1. The van der Waals surface area contributed by atoms with Gasteiger partial charge in [0.2, 0.25) is 0 Å². The summed E-state index contributed by atoms with van der Waals surface area (Å²) < 4.78 is 15.9. The number of nitrogens with zero attached hydrogens (tertiary/aromatic N) is 2. The summed E-state index contributed by atoms with van der Waals surface area (Å²) in [7, 11) is 0. The van der Waals surface area contributed by atoms with E-state index in [1.54, 1.807) is 0 Å². The predicted octanol–water partition coefficient (Wildman–Crippen LogP) is 4.15. The van der Waals surface area contributed by atoms with Crippen LogP contribution in [0.3, 0.4) is 0 Å². The molecular formula is C30H29N3O5. The minimum Gasteiger partial charge on any atom is -0.463 e. The van der Waals surface area contributed by atoms with Crippen molar-refractivity contribution in [2.75, 3.05) is 13.2 Å². The van der Waals surface area contributed by atoms with Crippen LogP contribution in [0.25, 0.3) is 33.0 Å². The van der Waals surface area contributed by atoms with Gasteiger partial charge in [-0.25, -0.2) is 0 Å². The number of rotatable bonds is 3. The number of ether oxygens (including phenoxy) is 2. The topological polar surface area (TPSA) is 91.6 Å². The number of imide groups is 1. The lowest BCUT2D eigenvalue weighted by Gasteiger charge is -2.20. The summed E-state index contributed by atoms with van der Waals surface area (Å²) in [6.07, 6.45) is 4.19. The van der Waals surface area contributed by atoms with E-state index in [0.717, 1.165) is 32.9 Å². The van der Waals surface area contributed by atoms with Crippen LogP contribution in [0.4, 0.5) is 0 Å². The molecular weight excluding hydrogens is 482 g/mol. The SMILES string of the molecule is CC(C)C(=O)OCC1CCn2cc(c3ccccc32)C2=C(C(=O)NC2=O)c2cn(c3ccccc23)CCO1. The van der Waals surface area contributed by atoms with Crippen molar-refractivity contribution in [2.24, 2.45) is 5.92 Å². The van der Waals surface area contributed by atoms with E-state index in [-0.39, 0.29) is 30.5 Å². The monoisotopic (exact) mass is 511 g/mol. The molecule has 0 saturated heterocycles. The number of benzene rings is 2. The average Bonchev–Trinajstić information content (AvgIpc) is 3.55. The van der Waals surface area contributed by atoms with E-state index in [0.29, 0.717) is 37.3 Å². The van der Waals surface area contributed by atoms with Crippen LogP contribution in [0, 0.1) is 5.92 Å². The van der Waals surface area contributed by atoms with Crippen molar-refractivity contribution in [3.8, 4) is 0 Å². The zero-order chi connectivity index (χ0) is 26.4. The van der Waals surface area contributed by atoms with Crippen LogP contribution in [0.5, 0.6) is 0 Å². The fraction of sp³-hybridized carbons (Fsp3) is 0.300. The Morgan fingerprint density at radius 3 is 2.05 bits per heavy atom. The largest absolute Gasteiger partial charge is 0.463 e. The minimum atomic E-state index is -0.390. The lowest BCUT2D eigenvalue weighted by atomic mass is 9.95. The first kappa shape index (κ1) is 24.2. The molecule has 0 spiro atoms. The Morgan fingerprint density at radius 1 is 0.921 bits per heavy atom. The van der Waals surface area contributed by atoms with Gasteiger partial charge in [0.25, 0.3) is 11.8 Å². The van der Waals surface area contributed by atoms with Crippen molar-refractivity contribution in [1.82, 2.24) is 14.5 Å². The van der Waals surface area contributed by atoms with Gasteiger partial charge in [0.1, 0.15) is 6.61 Å². The smallest absolute Gasteiger partial charge is 0.308 e. The van der Waals surface area contributed by atoms with Gasteiger partial charge < -0.3 is 18.6 Å². The summed E-state index contributed by atoms with van der Waals surface area (Å²) in [5.74, 6) is -1.24. The van der Waals surface area contributed by atoms with Crippen LogP contribution in [0.1, 0.15) is 31.4 Å².